The maximum atomic E-state index is 11.0. The number of hydrogen-bond donors (Lipinski definition) is 0. The van der Waals surface area contributed by atoms with Crippen LogP contribution < -0.4 is 0 Å². The van der Waals surface area contributed by atoms with Crippen LogP contribution in [0.1, 0.15) is 27.9 Å². The molecule has 0 aliphatic carbocycles. The summed E-state index contributed by atoms with van der Waals surface area (Å²) in [5, 5.41) is 0. The van der Waals surface area contributed by atoms with Crippen molar-refractivity contribution < 1.29 is 14.3 Å². The highest BCUT2D eigenvalue weighted by Gasteiger charge is 2.16. The van der Waals surface area contributed by atoms with Crippen molar-refractivity contribution in [3.05, 3.63) is 11.4 Å². The number of aldehydes is 1. The Kier molecular flexibility index (Phi) is 2.87. The van der Waals surface area contributed by atoms with Gasteiger partial charge >= 0.3 is 5.97 Å². The molecule has 64 valence electrons. The smallest absolute Gasteiger partial charge is 0.360 e. The molecule has 12 heavy (non-hydrogen) atoms. The monoisotopic (exact) mass is 186 g/mol. The van der Waals surface area contributed by atoms with E-state index < -0.39 is 5.97 Å². The maximum Gasteiger partial charge on any atom is 0.360 e. The van der Waals surface area contributed by atoms with Gasteiger partial charge in [0, 0.05) is 0 Å². The lowest BCUT2D eigenvalue weighted by Gasteiger charge is -1.95. The standard InChI is InChI=1S/C6H6N2O3S/c1-2-11-6(10)5-4(3-9)7-12-8-5/h3H,2H2,1H3. The van der Waals surface area contributed by atoms with Gasteiger partial charge in [0.1, 0.15) is 0 Å². The third-order valence-corrected chi connectivity index (χ3v) is 1.64. The Hall–Kier alpha value is -1.30. The molecule has 0 fully saturated rings. The number of hydrogen-bond acceptors (Lipinski definition) is 6. The van der Waals surface area contributed by atoms with Gasteiger partial charge in [-0.3, -0.25) is 4.79 Å². The number of ether oxygens (including phenoxy) is 1. The van der Waals surface area contributed by atoms with E-state index in [4.69, 9.17) is 0 Å². The van der Waals surface area contributed by atoms with Gasteiger partial charge in [-0.05, 0) is 6.92 Å². The highest BCUT2D eigenvalue weighted by molar-refractivity contribution is 6.99. The van der Waals surface area contributed by atoms with Crippen molar-refractivity contribution in [2.24, 2.45) is 0 Å². The molecule has 0 radical (unpaired) electrons. The quantitative estimate of drug-likeness (QED) is 0.508. The highest BCUT2D eigenvalue weighted by atomic mass is 32.1. The number of nitrogens with zero attached hydrogens (tertiary/aromatic N) is 2. The normalized spacial score (nSPS) is 9.42. The van der Waals surface area contributed by atoms with E-state index in [1.165, 1.54) is 0 Å². The van der Waals surface area contributed by atoms with E-state index in [0.717, 1.165) is 11.7 Å². The number of carbonyl (C=O) groups excluding carboxylic acids is 2. The zero-order valence-electron chi connectivity index (χ0n) is 6.31. The fourth-order valence-corrected chi connectivity index (χ4v) is 1.12. The molecule has 0 saturated heterocycles. The van der Waals surface area contributed by atoms with E-state index in [2.05, 4.69) is 13.5 Å². The second-order valence-corrected chi connectivity index (χ2v) is 2.36. The molecule has 5 nitrogen and oxygen atoms in total. The topological polar surface area (TPSA) is 69.2 Å². The second-order valence-electron chi connectivity index (χ2n) is 1.84. The minimum Gasteiger partial charge on any atom is -0.461 e. The van der Waals surface area contributed by atoms with Gasteiger partial charge in [0.25, 0.3) is 0 Å². The van der Waals surface area contributed by atoms with Crippen LogP contribution in [0.2, 0.25) is 0 Å². The van der Waals surface area contributed by atoms with Gasteiger partial charge in [-0.15, -0.1) is 0 Å². The van der Waals surface area contributed by atoms with Crippen molar-refractivity contribution in [2.45, 2.75) is 6.92 Å². The summed E-state index contributed by atoms with van der Waals surface area (Å²) in [6.45, 7) is 1.94. The molecule has 1 aromatic heterocycles. The average molecular weight is 186 g/mol. The molecule has 0 amide bonds. The fourth-order valence-electron chi connectivity index (χ4n) is 0.614. The Bertz CT molecular complexity index is 297. The van der Waals surface area contributed by atoms with Crippen LogP contribution in [0, 0.1) is 0 Å². The summed E-state index contributed by atoms with van der Waals surface area (Å²) in [4.78, 5) is 21.3. The third kappa shape index (κ3) is 1.65. The summed E-state index contributed by atoms with van der Waals surface area (Å²) in [5.41, 5.74) is 0.0373. The Morgan fingerprint density at radius 1 is 1.67 bits per heavy atom. The van der Waals surface area contributed by atoms with Crippen molar-refractivity contribution >= 4 is 24.0 Å². The number of carbonyl (C=O) groups is 2. The summed E-state index contributed by atoms with van der Waals surface area (Å²) in [6, 6.07) is 0. The van der Waals surface area contributed by atoms with Crippen molar-refractivity contribution in [1.29, 1.82) is 0 Å². The average Bonchev–Trinajstić information content (AvgIpc) is 2.51. The molecule has 0 N–H and O–H groups in total. The lowest BCUT2D eigenvalue weighted by Crippen LogP contribution is -2.07. The van der Waals surface area contributed by atoms with Gasteiger partial charge in [-0.25, -0.2) is 4.79 Å². The molecule has 1 heterocycles. The van der Waals surface area contributed by atoms with Crippen LogP contribution in [0.3, 0.4) is 0 Å². The van der Waals surface area contributed by atoms with Gasteiger partial charge < -0.3 is 4.74 Å². The number of aromatic nitrogens is 2. The molecule has 0 bridgehead atoms. The molecule has 0 saturated carbocycles. The van der Waals surface area contributed by atoms with Crippen molar-refractivity contribution in [1.82, 2.24) is 8.75 Å². The van der Waals surface area contributed by atoms with E-state index in [1.807, 2.05) is 0 Å². The molecule has 1 aromatic rings. The Balaban J connectivity index is 2.86. The lowest BCUT2D eigenvalue weighted by atomic mass is 10.3. The van der Waals surface area contributed by atoms with E-state index in [0.29, 0.717) is 6.29 Å². The summed E-state index contributed by atoms with van der Waals surface area (Å²) in [6.07, 6.45) is 0.482. The van der Waals surface area contributed by atoms with Crippen LogP contribution in [0.4, 0.5) is 0 Å². The molecule has 0 spiro atoms. The van der Waals surface area contributed by atoms with E-state index in [9.17, 15) is 9.59 Å². The van der Waals surface area contributed by atoms with Crippen LogP contribution in [0.5, 0.6) is 0 Å². The van der Waals surface area contributed by atoms with E-state index in [1.54, 1.807) is 6.92 Å². The van der Waals surface area contributed by atoms with Crippen molar-refractivity contribution in [3.63, 3.8) is 0 Å². The predicted molar refractivity (Wildman–Crippen MR) is 41.3 cm³/mol. The van der Waals surface area contributed by atoms with Crippen LogP contribution >= 0.6 is 11.7 Å². The van der Waals surface area contributed by atoms with Crippen molar-refractivity contribution in [2.75, 3.05) is 6.61 Å². The summed E-state index contributed by atoms with van der Waals surface area (Å²) in [7, 11) is 0. The van der Waals surface area contributed by atoms with Gasteiger partial charge in [0.2, 0.25) is 0 Å². The first-order chi connectivity index (χ1) is 5.79. The van der Waals surface area contributed by atoms with Crippen LogP contribution in [-0.2, 0) is 4.74 Å². The Morgan fingerprint density at radius 2 is 2.42 bits per heavy atom. The zero-order chi connectivity index (χ0) is 8.97. The fraction of sp³-hybridized carbons (Fsp3) is 0.333. The Morgan fingerprint density at radius 3 is 3.00 bits per heavy atom. The first-order valence-corrected chi connectivity index (χ1v) is 3.97. The SMILES string of the molecule is CCOC(=O)c1nsnc1C=O. The molecule has 0 aliphatic rings. The summed E-state index contributed by atoms with van der Waals surface area (Å²) in [5.74, 6) is -0.603. The van der Waals surface area contributed by atoms with Crippen LogP contribution in [0.25, 0.3) is 0 Å². The minimum absolute atomic E-state index is 0.00292. The number of esters is 1. The molecule has 0 unspecified atom stereocenters. The third-order valence-electron chi connectivity index (χ3n) is 1.09. The zero-order valence-corrected chi connectivity index (χ0v) is 7.13. The van der Waals surface area contributed by atoms with Gasteiger partial charge in [-0.1, -0.05) is 0 Å². The number of rotatable bonds is 3. The highest BCUT2D eigenvalue weighted by Crippen LogP contribution is 2.04. The van der Waals surface area contributed by atoms with Crippen molar-refractivity contribution in [3.8, 4) is 0 Å². The summed E-state index contributed by atoms with van der Waals surface area (Å²) >= 11 is 0.813. The molecule has 0 aliphatic heterocycles. The van der Waals surface area contributed by atoms with Crippen LogP contribution in [0.15, 0.2) is 0 Å². The molecular weight excluding hydrogens is 180 g/mol. The minimum atomic E-state index is -0.603. The van der Waals surface area contributed by atoms with Gasteiger partial charge in [-0.2, -0.15) is 8.75 Å². The first kappa shape index (κ1) is 8.79. The molecule has 0 aromatic carbocycles. The predicted octanol–water partition coefficient (Wildman–Crippen LogP) is 0.527. The van der Waals surface area contributed by atoms with E-state index in [-0.39, 0.29) is 18.0 Å². The second kappa shape index (κ2) is 3.91. The van der Waals surface area contributed by atoms with Gasteiger partial charge in [0.05, 0.1) is 18.3 Å². The first-order valence-electron chi connectivity index (χ1n) is 3.24. The Labute approximate surface area is 72.7 Å². The van der Waals surface area contributed by atoms with Crippen LogP contribution in [-0.4, -0.2) is 27.6 Å². The summed E-state index contributed by atoms with van der Waals surface area (Å²) < 4.78 is 11.9. The largest absolute Gasteiger partial charge is 0.461 e. The van der Waals surface area contributed by atoms with E-state index >= 15 is 0 Å². The molecule has 1 rings (SSSR count). The maximum absolute atomic E-state index is 11.0. The molecular formula is C6H6N2O3S. The van der Waals surface area contributed by atoms with Gasteiger partial charge in [0.15, 0.2) is 17.7 Å². The lowest BCUT2D eigenvalue weighted by molar-refractivity contribution is 0.0518. The molecule has 0 atom stereocenters. The molecule has 6 heteroatoms.